The Hall–Kier alpha value is -2.82. The van der Waals surface area contributed by atoms with Crippen LogP contribution in [0.5, 0.6) is 5.75 Å². The first-order valence-electron chi connectivity index (χ1n) is 9.12. The van der Waals surface area contributed by atoms with Gasteiger partial charge in [0.15, 0.2) is 0 Å². The third-order valence-electron chi connectivity index (χ3n) is 4.23. The highest BCUT2D eigenvalue weighted by Crippen LogP contribution is 2.24. The molecule has 0 aliphatic carbocycles. The Labute approximate surface area is 159 Å². The van der Waals surface area contributed by atoms with E-state index in [4.69, 9.17) is 9.47 Å². The zero-order chi connectivity index (χ0) is 19.4. The molecule has 0 unspecified atom stereocenters. The largest absolute Gasteiger partial charge is 0.489 e. The number of hydrogen-bond acceptors (Lipinski definition) is 4. The van der Waals surface area contributed by atoms with Crippen molar-refractivity contribution in [2.75, 3.05) is 13.1 Å². The minimum absolute atomic E-state index is 0.0260. The van der Waals surface area contributed by atoms with Crippen LogP contribution in [0, 0.1) is 0 Å². The van der Waals surface area contributed by atoms with Crippen LogP contribution in [-0.4, -0.2) is 35.5 Å². The molecule has 0 bridgehead atoms. The lowest BCUT2D eigenvalue weighted by atomic mass is 9.98. The van der Waals surface area contributed by atoms with Gasteiger partial charge in [0.25, 0.3) is 5.91 Å². The summed E-state index contributed by atoms with van der Waals surface area (Å²) in [5, 5.41) is 0. The monoisotopic (exact) mass is 367 g/mol. The molecule has 2 aromatic carbocycles. The quantitative estimate of drug-likeness (QED) is 0.758. The van der Waals surface area contributed by atoms with E-state index in [0.29, 0.717) is 25.1 Å². The molecule has 0 fully saturated rings. The van der Waals surface area contributed by atoms with Gasteiger partial charge in [0.1, 0.15) is 24.5 Å². The van der Waals surface area contributed by atoms with Gasteiger partial charge in [0, 0.05) is 12.1 Å². The van der Waals surface area contributed by atoms with Crippen molar-refractivity contribution in [3.8, 4) is 5.75 Å². The molecule has 3 rings (SSSR count). The lowest BCUT2D eigenvalue weighted by Gasteiger charge is -2.29. The molecule has 0 radical (unpaired) electrons. The Kier molecular flexibility index (Phi) is 5.49. The molecule has 0 aromatic heterocycles. The number of amides is 1. The summed E-state index contributed by atoms with van der Waals surface area (Å²) in [5.74, 6) is 0.213. The van der Waals surface area contributed by atoms with Gasteiger partial charge in [-0.15, -0.1) is 0 Å². The van der Waals surface area contributed by atoms with Crippen LogP contribution in [0.1, 0.15) is 42.3 Å². The highest BCUT2D eigenvalue weighted by Gasteiger charge is 2.28. The minimum Gasteiger partial charge on any atom is -0.489 e. The Balaban J connectivity index is 1.64. The predicted octanol–water partition coefficient (Wildman–Crippen LogP) is 3.61. The Bertz CT molecular complexity index is 824. The highest BCUT2D eigenvalue weighted by atomic mass is 16.6. The second kappa shape index (κ2) is 7.82. The average Bonchev–Trinajstić information content (AvgIpc) is 2.62. The first kappa shape index (κ1) is 19.0. The molecule has 2 aromatic rings. The molecule has 0 atom stereocenters. The maximum absolute atomic E-state index is 12.7. The number of hydrogen-bond donors (Lipinski definition) is 0. The Morgan fingerprint density at radius 3 is 2.56 bits per heavy atom. The van der Waals surface area contributed by atoms with Gasteiger partial charge in [0.2, 0.25) is 0 Å². The van der Waals surface area contributed by atoms with Gasteiger partial charge in [-0.05, 0) is 56.5 Å². The van der Waals surface area contributed by atoms with E-state index in [1.807, 2.05) is 57.2 Å². The van der Waals surface area contributed by atoms with Crippen molar-refractivity contribution in [2.24, 2.45) is 0 Å². The van der Waals surface area contributed by atoms with Crippen LogP contribution in [0.2, 0.25) is 0 Å². The molecule has 5 nitrogen and oxygen atoms in total. The zero-order valence-electron chi connectivity index (χ0n) is 16.0. The number of rotatable bonds is 5. The van der Waals surface area contributed by atoms with Crippen molar-refractivity contribution < 1.29 is 19.1 Å². The third kappa shape index (κ3) is 5.09. The lowest BCUT2D eigenvalue weighted by Crippen LogP contribution is -2.42. The van der Waals surface area contributed by atoms with Gasteiger partial charge in [-0.1, -0.05) is 30.3 Å². The van der Waals surface area contributed by atoms with Crippen LogP contribution in [0.4, 0.5) is 0 Å². The van der Waals surface area contributed by atoms with Crippen molar-refractivity contribution in [3.05, 3.63) is 65.2 Å². The fraction of sp³-hybridized carbons (Fsp3) is 0.364. The fourth-order valence-corrected chi connectivity index (χ4v) is 3.02. The highest BCUT2D eigenvalue weighted by molar-refractivity contribution is 5.98. The van der Waals surface area contributed by atoms with E-state index in [1.54, 1.807) is 17.0 Å². The SMILES string of the molecule is CC(C)(C)OC(=O)CN1CCc2cc(OCc3ccccc3)ccc2C1=O. The lowest BCUT2D eigenvalue weighted by molar-refractivity contribution is -0.155. The second-order valence-electron chi connectivity index (χ2n) is 7.66. The van der Waals surface area contributed by atoms with Gasteiger partial charge in [-0.25, -0.2) is 0 Å². The van der Waals surface area contributed by atoms with Crippen LogP contribution in [0.15, 0.2) is 48.5 Å². The second-order valence-corrected chi connectivity index (χ2v) is 7.66. The predicted molar refractivity (Wildman–Crippen MR) is 103 cm³/mol. The molecular formula is C22H25NO4. The topological polar surface area (TPSA) is 55.8 Å². The molecule has 27 heavy (non-hydrogen) atoms. The first-order chi connectivity index (χ1) is 12.8. The first-order valence-corrected chi connectivity index (χ1v) is 9.12. The van der Waals surface area contributed by atoms with Crippen molar-refractivity contribution >= 4 is 11.9 Å². The maximum Gasteiger partial charge on any atom is 0.326 e. The van der Waals surface area contributed by atoms with Gasteiger partial charge in [-0.2, -0.15) is 0 Å². The van der Waals surface area contributed by atoms with Crippen LogP contribution in [-0.2, 0) is 22.6 Å². The molecular weight excluding hydrogens is 342 g/mol. The molecule has 142 valence electrons. The smallest absolute Gasteiger partial charge is 0.326 e. The maximum atomic E-state index is 12.7. The van der Waals surface area contributed by atoms with Crippen LogP contribution < -0.4 is 4.74 Å². The van der Waals surface area contributed by atoms with Crippen LogP contribution >= 0.6 is 0 Å². The molecule has 0 saturated carbocycles. The average molecular weight is 367 g/mol. The third-order valence-corrected chi connectivity index (χ3v) is 4.23. The molecule has 1 amide bonds. The summed E-state index contributed by atoms with van der Waals surface area (Å²) >= 11 is 0. The van der Waals surface area contributed by atoms with Gasteiger partial charge >= 0.3 is 5.97 Å². The zero-order valence-corrected chi connectivity index (χ0v) is 16.0. The summed E-state index contributed by atoms with van der Waals surface area (Å²) in [4.78, 5) is 26.3. The summed E-state index contributed by atoms with van der Waals surface area (Å²) in [7, 11) is 0. The number of ether oxygens (including phenoxy) is 2. The molecule has 1 heterocycles. The summed E-state index contributed by atoms with van der Waals surface area (Å²) < 4.78 is 11.2. The van der Waals surface area contributed by atoms with E-state index >= 15 is 0 Å². The molecule has 0 N–H and O–H groups in total. The van der Waals surface area contributed by atoms with Crippen LogP contribution in [0.25, 0.3) is 0 Å². The van der Waals surface area contributed by atoms with E-state index in [1.165, 1.54) is 0 Å². The molecule has 0 saturated heterocycles. The van der Waals surface area contributed by atoms with E-state index in [-0.39, 0.29) is 18.4 Å². The Morgan fingerprint density at radius 2 is 1.85 bits per heavy atom. The number of benzene rings is 2. The van der Waals surface area contributed by atoms with E-state index in [0.717, 1.165) is 16.9 Å². The van der Waals surface area contributed by atoms with Crippen LogP contribution in [0.3, 0.4) is 0 Å². The standard InChI is InChI=1S/C22H25NO4/c1-22(2,3)27-20(24)14-23-12-11-17-13-18(9-10-19(17)21(23)25)26-15-16-7-5-4-6-8-16/h4-10,13H,11-12,14-15H2,1-3H3. The normalized spacial score (nSPS) is 13.9. The summed E-state index contributed by atoms with van der Waals surface area (Å²) in [6.07, 6.45) is 0.687. The molecule has 1 aliphatic heterocycles. The fourth-order valence-electron chi connectivity index (χ4n) is 3.02. The van der Waals surface area contributed by atoms with Gasteiger partial charge < -0.3 is 14.4 Å². The van der Waals surface area contributed by atoms with Gasteiger partial charge in [-0.3, -0.25) is 9.59 Å². The summed E-state index contributed by atoms with van der Waals surface area (Å²) in [6.45, 7) is 6.40. The summed E-state index contributed by atoms with van der Waals surface area (Å²) in [5.41, 5.74) is 2.11. The number of nitrogens with zero attached hydrogens (tertiary/aromatic N) is 1. The van der Waals surface area contributed by atoms with E-state index < -0.39 is 5.60 Å². The molecule has 5 heteroatoms. The number of carbonyl (C=O) groups excluding carboxylic acids is 2. The van der Waals surface area contributed by atoms with E-state index in [2.05, 4.69) is 0 Å². The van der Waals surface area contributed by atoms with Crippen molar-refractivity contribution in [1.82, 2.24) is 4.90 Å². The van der Waals surface area contributed by atoms with Crippen molar-refractivity contribution in [2.45, 2.75) is 39.4 Å². The molecule has 1 aliphatic rings. The summed E-state index contributed by atoms with van der Waals surface area (Å²) in [6, 6.07) is 15.4. The van der Waals surface area contributed by atoms with E-state index in [9.17, 15) is 9.59 Å². The van der Waals surface area contributed by atoms with Crippen molar-refractivity contribution in [1.29, 1.82) is 0 Å². The number of carbonyl (C=O) groups is 2. The Morgan fingerprint density at radius 1 is 1.11 bits per heavy atom. The number of fused-ring (bicyclic) bond motifs is 1. The van der Waals surface area contributed by atoms with Gasteiger partial charge in [0.05, 0.1) is 0 Å². The van der Waals surface area contributed by atoms with Crippen molar-refractivity contribution in [3.63, 3.8) is 0 Å². The minimum atomic E-state index is -0.557. The number of esters is 1. The molecule has 0 spiro atoms.